The molecule has 1 aromatic heterocycles. The Kier molecular flexibility index (Phi) is 5.88. The summed E-state index contributed by atoms with van der Waals surface area (Å²) in [5.41, 5.74) is 1.13. The Morgan fingerprint density at radius 1 is 1.29 bits per heavy atom. The van der Waals surface area contributed by atoms with Crippen LogP contribution in [0.1, 0.15) is 42.7 Å². The molecule has 1 aliphatic rings. The molecule has 0 saturated carbocycles. The van der Waals surface area contributed by atoms with Crippen LogP contribution in [0, 0.1) is 5.92 Å². The molecule has 0 saturated heterocycles. The van der Waals surface area contributed by atoms with Crippen LogP contribution in [-0.2, 0) is 19.9 Å². The van der Waals surface area contributed by atoms with E-state index < -0.39 is 25.1 Å². The van der Waals surface area contributed by atoms with Gasteiger partial charge in [-0.2, -0.15) is 0 Å². The molecule has 7 nitrogen and oxygen atoms in total. The van der Waals surface area contributed by atoms with Gasteiger partial charge in [0, 0.05) is 11.6 Å². The number of hydrogen-bond donors (Lipinski definition) is 2. The van der Waals surface area contributed by atoms with Gasteiger partial charge >= 0.3 is 0 Å². The number of hydrogen-bond acceptors (Lipinski definition) is 7. The summed E-state index contributed by atoms with van der Waals surface area (Å²) in [4.78, 5) is 0. The van der Waals surface area contributed by atoms with E-state index in [0.29, 0.717) is 35.8 Å². The summed E-state index contributed by atoms with van der Waals surface area (Å²) < 4.78 is 55.3. The molecule has 0 spiro atoms. The van der Waals surface area contributed by atoms with Crippen LogP contribution in [0.4, 0.5) is 0 Å². The van der Waals surface area contributed by atoms with Gasteiger partial charge in [0.1, 0.15) is 14.2 Å². The molecule has 3 rings (SSSR count). The van der Waals surface area contributed by atoms with Gasteiger partial charge in [0.15, 0.2) is 9.84 Å². The topological polar surface area (TPSA) is 116 Å². The molecule has 1 aliphatic heterocycles. The Bertz CT molecular complexity index is 1060. The first-order valence-electron chi connectivity index (χ1n) is 8.81. The van der Waals surface area contributed by atoms with Crippen LogP contribution in [-0.4, -0.2) is 30.5 Å². The summed E-state index contributed by atoms with van der Waals surface area (Å²) in [6.45, 7) is 4.79. The van der Waals surface area contributed by atoms with Crippen molar-refractivity contribution in [1.29, 1.82) is 0 Å². The minimum Gasteiger partial charge on any atom is -0.497 e. The number of nitrogens with one attached hydrogen (secondary N) is 1. The molecule has 3 N–H and O–H groups in total. The van der Waals surface area contributed by atoms with E-state index in [1.807, 2.05) is 0 Å². The highest BCUT2D eigenvalue weighted by atomic mass is 32.3. The van der Waals surface area contributed by atoms with Crippen molar-refractivity contribution in [2.45, 2.75) is 40.0 Å². The quantitative estimate of drug-likeness (QED) is 0.708. The first-order valence-corrected chi connectivity index (χ1v) is 12.7. The zero-order valence-electron chi connectivity index (χ0n) is 15.9. The number of fused-ring (bicyclic) bond motifs is 1. The van der Waals surface area contributed by atoms with Crippen LogP contribution >= 0.6 is 11.3 Å². The first-order chi connectivity index (χ1) is 13.0. The molecule has 2 unspecified atom stereocenters. The van der Waals surface area contributed by atoms with E-state index in [9.17, 15) is 16.8 Å². The average Bonchev–Trinajstić information content (AvgIpc) is 3.08. The number of sulfonamides is 1. The predicted molar refractivity (Wildman–Crippen MR) is 109 cm³/mol. The van der Waals surface area contributed by atoms with Crippen LogP contribution in [0.2, 0.25) is 0 Å². The maximum Gasteiger partial charge on any atom is 0.247 e. The second-order valence-electron chi connectivity index (χ2n) is 7.25. The van der Waals surface area contributed by atoms with Gasteiger partial charge in [0.25, 0.3) is 0 Å². The number of benzene rings is 1. The fourth-order valence-electron chi connectivity index (χ4n) is 3.27. The molecule has 2 aromatic rings. The normalized spacial score (nSPS) is 21.5. The number of rotatable bonds is 6. The number of nitrogens with two attached hydrogens (primary N) is 1. The standard InChI is InChI=1S/C18H24N2O5S3/c1-11(2)10-20-15-9-16(12-4-6-13(25-3)7-5-12)27(21,22)18-14(15)8-17(26-18)28(19,23)24/h4-8,11,15-16,20H,9-10H2,1-3H3,(H2,19,23,24). The minimum atomic E-state index is -3.98. The fraction of sp³-hybridized carbons (Fsp3) is 0.444. The maximum atomic E-state index is 13.3. The number of sulfone groups is 1. The monoisotopic (exact) mass is 444 g/mol. The second kappa shape index (κ2) is 7.75. The average molecular weight is 445 g/mol. The lowest BCUT2D eigenvalue weighted by Crippen LogP contribution is -2.32. The molecular weight excluding hydrogens is 420 g/mol. The summed E-state index contributed by atoms with van der Waals surface area (Å²) in [6, 6.07) is 8.04. The van der Waals surface area contributed by atoms with Gasteiger partial charge in [-0.05, 0) is 42.6 Å². The lowest BCUT2D eigenvalue weighted by molar-refractivity contribution is 0.414. The van der Waals surface area contributed by atoms with Crippen molar-refractivity contribution < 1.29 is 21.6 Å². The van der Waals surface area contributed by atoms with Crippen molar-refractivity contribution in [2.24, 2.45) is 11.1 Å². The molecule has 154 valence electrons. The molecule has 0 fully saturated rings. The van der Waals surface area contributed by atoms with E-state index in [-0.39, 0.29) is 14.5 Å². The molecule has 10 heteroatoms. The van der Waals surface area contributed by atoms with E-state index in [1.165, 1.54) is 6.07 Å². The minimum absolute atomic E-state index is 0.0739. The zero-order chi connectivity index (χ0) is 20.7. The lowest BCUT2D eigenvalue weighted by atomic mass is 9.99. The Morgan fingerprint density at radius 2 is 1.93 bits per heavy atom. The van der Waals surface area contributed by atoms with E-state index >= 15 is 0 Å². The Hall–Kier alpha value is -1.46. The molecule has 0 amide bonds. The predicted octanol–water partition coefficient (Wildman–Crippen LogP) is 2.61. The molecule has 2 atom stereocenters. The smallest absolute Gasteiger partial charge is 0.247 e. The maximum absolute atomic E-state index is 13.3. The van der Waals surface area contributed by atoms with E-state index in [0.717, 1.165) is 11.3 Å². The number of methoxy groups -OCH3 is 1. The Morgan fingerprint density at radius 3 is 2.46 bits per heavy atom. The summed E-state index contributed by atoms with van der Waals surface area (Å²) in [5, 5.41) is 7.86. The van der Waals surface area contributed by atoms with E-state index in [2.05, 4.69) is 19.2 Å². The number of primary sulfonamides is 1. The van der Waals surface area contributed by atoms with E-state index in [1.54, 1.807) is 31.4 Å². The molecule has 2 heterocycles. The van der Waals surface area contributed by atoms with E-state index in [4.69, 9.17) is 9.88 Å². The summed E-state index contributed by atoms with van der Waals surface area (Å²) in [6.07, 6.45) is 0.315. The third-order valence-corrected chi connectivity index (χ3v) is 9.98. The summed E-state index contributed by atoms with van der Waals surface area (Å²) in [7, 11) is -6.19. The molecule has 28 heavy (non-hydrogen) atoms. The second-order valence-corrected chi connectivity index (χ2v) is 12.4. The Balaban J connectivity index is 2.10. The summed E-state index contributed by atoms with van der Waals surface area (Å²) in [5.74, 6) is 0.998. The van der Waals surface area contributed by atoms with Crippen LogP contribution in [0.5, 0.6) is 5.75 Å². The molecular formula is C18H24N2O5S3. The van der Waals surface area contributed by atoms with Gasteiger partial charge < -0.3 is 10.1 Å². The van der Waals surface area contributed by atoms with Crippen LogP contribution < -0.4 is 15.2 Å². The highest BCUT2D eigenvalue weighted by Gasteiger charge is 2.42. The van der Waals surface area contributed by atoms with Gasteiger partial charge in [-0.25, -0.2) is 22.0 Å². The van der Waals surface area contributed by atoms with Gasteiger partial charge in [-0.1, -0.05) is 26.0 Å². The van der Waals surface area contributed by atoms with Crippen molar-refractivity contribution in [3.8, 4) is 5.75 Å². The van der Waals surface area contributed by atoms with Gasteiger partial charge in [-0.3, -0.25) is 0 Å². The largest absolute Gasteiger partial charge is 0.497 e. The Labute approximate surface area is 169 Å². The summed E-state index contributed by atoms with van der Waals surface area (Å²) >= 11 is 0.728. The van der Waals surface area contributed by atoms with Crippen LogP contribution in [0.25, 0.3) is 0 Å². The highest BCUT2D eigenvalue weighted by molar-refractivity contribution is 7.95. The van der Waals surface area contributed by atoms with Crippen LogP contribution in [0.3, 0.4) is 0 Å². The van der Waals surface area contributed by atoms with Crippen molar-refractivity contribution in [2.75, 3.05) is 13.7 Å². The van der Waals surface area contributed by atoms with Crippen molar-refractivity contribution >= 4 is 31.2 Å². The third kappa shape index (κ3) is 4.11. The molecule has 0 aliphatic carbocycles. The number of ether oxygens (including phenoxy) is 1. The van der Waals surface area contributed by atoms with Crippen molar-refractivity contribution in [3.05, 3.63) is 41.5 Å². The van der Waals surface area contributed by atoms with Gasteiger partial charge in [-0.15, -0.1) is 11.3 Å². The fourth-order valence-corrected chi connectivity index (χ4v) is 7.96. The van der Waals surface area contributed by atoms with Crippen molar-refractivity contribution in [3.63, 3.8) is 0 Å². The molecule has 1 aromatic carbocycles. The zero-order valence-corrected chi connectivity index (χ0v) is 18.3. The lowest BCUT2D eigenvalue weighted by Gasteiger charge is -2.30. The SMILES string of the molecule is COc1ccc(C2CC(NCC(C)C)c3cc(S(N)(=O)=O)sc3S2(=O)=O)cc1. The van der Waals surface area contributed by atoms with Gasteiger partial charge in [0.05, 0.1) is 12.4 Å². The van der Waals surface area contributed by atoms with Gasteiger partial charge in [0.2, 0.25) is 10.0 Å². The molecule has 0 radical (unpaired) electrons. The third-order valence-electron chi connectivity index (χ3n) is 4.70. The highest BCUT2D eigenvalue weighted by Crippen LogP contribution is 2.48. The van der Waals surface area contributed by atoms with Crippen LogP contribution in [0.15, 0.2) is 38.8 Å². The molecule has 0 bridgehead atoms. The first kappa shape index (κ1) is 21.3. The number of thiophene rings is 1. The van der Waals surface area contributed by atoms with Crippen molar-refractivity contribution in [1.82, 2.24) is 5.32 Å².